The van der Waals surface area contributed by atoms with E-state index in [-0.39, 0.29) is 11.9 Å². The molecule has 0 aliphatic carbocycles. The first-order valence-corrected chi connectivity index (χ1v) is 10.6. The van der Waals surface area contributed by atoms with Crippen molar-refractivity contribution in [2.45, 2.75) is 25.3 Å². The third-order valence-electron chi connectivity index (χ3n) is 5.88. The molecule has 0 spiro atoms. The Bertz CT molecular complexity index is 1200. The fraction of sp³-hybridized carbons (Fsp3) is 0.231. The fourth-order valence-electron chi connectivity index (χ4n) is 4.24. The Labute approximate surface area is 181 Å². The topological polar surface area (TPSA) is 55.6 Å². The quantitative estimate of drug-likeness (QED) is 0.440. The molecule has 1 atom stereocenters. The Morgan fingerprint density at radius 2 is 1.87 bits per heavy atom. The number of benzene rings is 3. The molecule has 1 aromatic heterocycles. The zero-order valence-corrected chi connectivity index (χ0v) is 17.5. The molecule has 0 radical (unpaired) electrons. The van der Waals surface area contributed by atoms with Gasteiger partial charge in [-0.25, -0.2) is 4.98 Å². The second-order valence-electron chi connectivity index (χ2n) is 7.87. The molecule has 156 valence electrons. The van der Waals surface area contributed by atoms with Gasteiger partial charge in [0.15, 0.2) is 5.58 Å². The molecular formula is C26H24N2O3. The van der Waals surface area contributed by atoms with Crippen molar-refractivity contribution in [1.82, 2.24) is 9.88 Å². The first-order chi connectivity index (χ1) is 15.2. The van der Waals surface area contributed by atoms with Crippen LogP contribution in [0.1, 0.15) is 30.3 Å². The molecule has 3 aromatic carbocycles. The smallest absolute Gasteiger partial charge is 0.227 e. The largest absolute Gasteiger partial charge is 0.497 e. The summed E-state index contributed by atoms with van der Waals surface area (Å²) in [5, 5.41) is 0. The number of oxazole rings is 1. The lowest BCUT2D eigenvalue weighted by Crippen LogP contribution is -2.32. The Hall–Kier alpha value is -3.60. The van der Waals surface area contributed by atoms with E-state index in [0.29, 0.717) is 12.3 Å². The normalized spacial score (nSPS) is 16.0. The van der Waals surface area contributed by atoms with Gasteiger partial charge in [0.1, 0.15) is 17.3 Å². The zero-order valence-electron chi connectivity index (χ0n) is 17.5. The number of carbonyl (C=O) groups excluding carboxylic acids is 1. The van der Waals surface area contributed by atoms with Crippen LogP contribution < -0.4 is 4.74 Å². The van der Waals surface area contributed by atoms with E-state index in [9.17, 15) is 4.79 Å². The molecule has 1 amide bonds. The third-order valence-corrected chi connectivity index (χ3v) is 5.88. The van der Waals surface area contributed by atoms with Crippen molar-refractivity contribution in [1.29, 1.82) is 0 Å². The summed E-state index contributed by atoms with van der Waals surface area (Å²) in [4.78, 5) is 19.7. The molecular weight excluding hydrogens is 388 g/mol. The number of methoxy groups -OCH3 is 1. The molecule has 1 saturated heterocycles. The molecule has 5 nitrogen and oxygen atoms in total. The molecule has 0 saturated carbocycles. The molecule has 1 aliphatic rings. The van der Waals surface area contributed by atoms with E-state index in [2.05, 4.69) is 18.2 Å². The molecule has 31 heavy (non-hydrogen) atoms. The number of amides is 1. The minimum Gasteiger partial charge on any atom is -0.497 e. The highest BCUT2D eigenvalue weighted by molar-refractivity contribution is 5.81. The number of aromatic nitrogens is 1. The molecule has 5 heteroatoms. The van der Waals surface area contributed by atoms with Gasteiger partial charge in [-0.05, 0) is 53.8 Å². The number of hydrogen-bond acceptors (Lipinski definition) is 4. The van der Waals surface area contributed by atoms with Crippen LogP contribution in [-0.2, 0) is 11.2 Å². The lowest BCUT2D eigenvalue weighted by atomic mass is 10.1. The van der Waals surface area contributed by atoms with E-state index in [1.54, 1.807) is 7.11 Å². The first kappa shape index (κ1) is 19.4. The minimum atomic E-state index is -0.113. The summed E-state index contributed by atoms with van der Waals surface area (Å²) < 4.78 is 11.3. The van der Waals surface area contributed by atoms with Gasteiger partial charge >= 0.3 is 0 Å². The second kappa shape index (κ2) is 8.26. The molecule has 1 aliphatic heterocycles. The Morgan fingerprint density at radius 1 is 1.06 bits per heavy atom. The summed E-state index contributed by atoms with van der Waals surface area (Å²) in [7, 11) is 1.64. The maximum absolute atomic E-state index is 13.0. The van der Waals surface area contributed by atoms with E-state index in [1.807, 2.05) is 59.5 Å². The highest BCUT2D eigenvalue weighted by Crippen LogP contribution is 2.34. The molecule has 2 heterocycles. The summed E-state index contributed by atoms with van der Waals surface area (Å²) in [6.07, 6.45) is 2.18. The van der Waals surface area contributed by atoms with Gasteiger partial charge in [-0.1, -0.05) is 48.5 Å². The number of carbonyl (C=O) groups is 1. The average molecular weight is 412 g/mol. The molecule has 0 bridgehead atoms. The zero-order chi connectivity index (χ0) is 21.2. The number of hydrogen-bond donors (Lipinski definition) is 0. The summed E-state index contributed by atoms with van der Waals surface area (Å²) in [6, 6.07) is 23.8. The maximum atomic E-state index is 13.0. The summed E-state index contributed by atoms with van der Waals surface area (Å²) >= 11 is 0. The van der Waals surface area contributed by atoms with Crippen molar-refractivity contribution in [3.63, 3.8) is 0 Å². The standard InChI is InChI=1S/C26H24N2O3/c1-30-21-12-9-18(10-13-21)16-25(29)28-15-5-8-23(28)26-27-22-17-20(11-14-24(22)31-26)19-6-3-2-4-7-19/h2-4,6-7,9-14,17,23H,5,8,15-16H2,1H3/t23-/m0/s1. The monoisotopic (exact) mass is 412 g/mol. The van der Waals surface area contributed by atoms with Crippen LogP contribution in [0.3, 0.4) is 0 Å². The van der Waals surface area contributed by atoms with Crippen molar-refractivity contribution in [2.24, 2.45) is 0 Å². The lowest BCUT2D eigenvalue weighted by molar-refractivity contribution is -0.131. The minimum absolute atomic E-state index is 0.0971. The summed E-state index contributed by atoms with van der Waals surface area (Å²) in [5.74, 6) is 1.51. The van der Waals surface area contributed by atoms with E-state index in [4.69, 9.17) is 14.1 Å². The Balaban J connectivity index is 1.37. The molecule has 1 fully saturated rings. The van der Waals surface area contributed by atoms with Crippen molar-refractivity contribution in [2.75, 3.05) is 13.7 Å². The van der Waals surface area contributed by atoms with Gasteiger partial charge in [-0.15, -0.1) is 0 Å². The van der Waals surface area contributed by atoms with Crippen molar-refractivity contribution in [3.8, 4) is 16.9 Å². The van der Waals surface area contributed by atoms with Crippen LogP contribution in [0.2, 0.25) is 0 Å². The third kappa shape index (κ3) is 3.91. The summed E-state index contributed by atoms with van der Waals surface area (Å²) in [5.41, 5.74) is 4.80. The van der Waals surface area contributed by atoms with Gasteiger partial charge in [0.2, 0.25) is 11.8 Å². The van der Waals surface area contributed by atoms with E-state index < -0.39 is 0 Å². The second-order valence-corrected chi connectivity index (χ2v) is 7.87. The predicted octanol–water partition coefficient (Wildman–Crippen LogP) is 5.41. The van der Waals surface area contributed by atoms with Crippen LogP contribution in [0, 0.1) is 0 Å². The lowest BCUT2D eigenvalue weighted by Gasteiger charge is -2.22. The van der Waals surface area contributed by atoms with Crippen molar-refractivity contribution < 1.29 is 13.9 Å². The predicted molar refractivity (Wildman–Crippen MR) is 120 cm³/mol. The first-order valence-electron chi connectivity index (χ1n) is 10.6. The number of rotatable bonds is 5. The van der Waals surface area contributed by atoms with Crippen LogP contribution in [-0.4, -0.2) is 29.4 Å². The molecule has 0 unspecified atom stereocenters. The van der Waals surface area contributed by atoms with Crippen molar-refractivity contribution in [3.05, 3.63) is 84.3 Å². The van der Waals surface area contributed by atoms with Gasteiger partial charge in [0.25, 0.3) is 0 Å². The van der Waals surface area contributed by atoms with Crippen LogP contribution in [0.4, 0.5) is 0 Å². The summed E-state index contributed by atoms with van der Waals surface area (Å²) in [6.45, 7) is 0.730. The maximum Gasteiger partial charge on any atom is 0.227 e. The molecule has 5 rings (SSSR count). The van der Waals surface area contributed by atoms with E-state index in [0.717, 1.165) is 52.9 Å². The average Bonchev–Trinajstić information content (AvgIpc) is 3.46. The molecule has 0 N–H and O–H groups in total. The van der Waals surface area contributed by atoms with E-state index in [1.165, 1.54) is 0 Å². The SMILES string of the molecule is COc1ccc(CC(=O)N2CCC[C@H]2c2nc3cc(-c4ccccc4)ccc3o2)cc1. The van der Waals surface area contributed by atoms with Crippen LogP contribution in [0.25, 0.3) is 22.2 Å². The van der Waals surface area contributed by atoms with Gasteiger partial charge in [0, 0.05) is 6.54 Å². The van der Waals surface area contributed by atoms with Crippen molar-refractivity contribution >= 4 is 17.0 Å². The van der Waals surface area contributed by atoms with Gasteiger partial charge in [0.05, 0.1) is 13.5 Å². The fourth-order valence-corrected chi connectivity index (χ4v) is 4.24. The number of nitrogens with zero attached hydrogens (tertiary/aromatic N) is 2. The number of fused-ring (bicyclic) bond motifs is 1. The van der Waals surface area contributed by atoms with Gasteiger partial charge in [-0.2, -0.15) is 0 Å². The molecule has 4 aromatic rings. The van der Waals surface area contributed by atoms with Gasteiger partial charge < -0.3 is 14.1 Å². The Morgan fingerprint density at radius 3 is 2.65 bits per heavy atom. The van der Waals surface area contributed by atoms with E-state index >= 15 is 0 Å². The Kier molecular flexibility index (Phi) is 5.16. The van der Waals surface area contributed by atoms with Crippen LogP contribution >= 0.6 is 0 Å². The highest BCUT2D eigenvalue weighted by Gasteiger charge is 2.33. The number of ether oxygens (including phenoxy) is 1. The van der Waals surface area contributed by atoms with Crippen LogP contribution in [0.5, 0.6) is 5.75 Å². The number of likely N-dealkylation sites (tertiary alicyclic amines) is 1. The highest BCUT2D eigenvalue weighted by atomic mass is 16.5. The van der Waals surface area contributed by atoms with Gasteiger partial charge in [-0.3, -0.25) is 4.79 Å². The van der Waals surface area contributed by atoms with Crippen LogP contribution in [0.15, 0.2) is 77.2 Å².